The van der Waals surface area contributed by atoms with E-state index >= 15 is 0 Å². The zero-order valence-corrected chi connectivity index (χ0v) is 9.44. The lowest BCUT2D eigenvalue weighted by Gasteiger charge is -2.09. The van der Waals surface area contributed by atoms with Crippen LogP contribution < -0.4 is 0 Å². The van der Waals surface area contributed by atoms with Crippen LogP contribution in [0.4, 0.5) is 4.39 Å². The lowest BCUT2D eigenvalue weighted by molar-refractivity contribution is 0.589. The highest BCUT2D eigenvalue weighted by Crippen LogP contribution is 2.15. The summed E-state index contributed by atoms with van der Waals surface area (Å²) >= 11 is 5.72. The van der Waals surface area contributed by atoms with E-state index in [1.54, 1.807) is 6.07 Å². The van der Waals surface area contributed by atoms with E-state index in [9.17, 15) is 4.39 Å². The van der Waals surface area contributed by atoms with Crippen molar-refractivity contribution >= 4 is 11.6 Å². The highest BCUT2D eigenvalue weighted by atomic mass is 35.5. The molecule has 14 heavy (non-hydrogen) atoms. The van der Waals surface area contributed by atoms with Crippen LogP contribution in [0.2, 0.25) is 0 Å². The monoisotopic (exact) mass is 214 g/mol. The molecule has 1 atom stereocenters. The van der Waals surface area contributed by atoms with E-state index < -0.39 is 0 Å². The molecule has 1 aromatic rings. The Balaban J connectivity index is 2.59. The van der Waals surface area contributed by atoms with E-state index in [0.29, 0.717) is 11.8 Å². The number of halogens is 2. The predicted octanol–water partition coefficient (Wildman–Crippen LogP) is 3.94. The molecule has 0 fully saturated rings. The van der Waals surface area contributed by atoms with Gasteiger partial charge in [0.1, 0.15) is 5.82 Å². The summed E-state index contributed by atoms with van der Waals surface area (Å²) in [7, 11) is 0. The second-order valence-corrected chi connectivity index (χ2v) is 4.18. The normalized spacial score (nSPS) is 12.9. The third-order valence-electron chi connectivity index (χ3n) is 2.47. The van der Waals surface area contributed by atoms with Gasteiger partial charge in [0, 0.05) is 5.88 Å². The molecule has 0 N–H and O–H groups in total. The molecule has 0 nitrogen and oxygen atoms in total. The quantitative estimate of drug-likeness (QED) is 0.666. The van der Waals surface area contributed by atoms with Crippen LogP contribution in [0, 0.1) is 18.7 Å². The number of alkyl halides is 1. The first-order chi connectivity index (χ1) is 6.63. The van der Waals surface area contributed by atoms with Crippen LogP contribution in [0.1, 0.15) is 24.5 Å². The first kappa shape index (κ1) is 11.5. The molecule has 0 aliphatic rings. The lowest BCUT2D eigenvalue weighted by atomic mass is 9.99. The van der Waals surface area contributed by atoms with Crippen LogP contribution in [-0.2, 0) is 6.42 Å². The molecular weight excluding hydrogens is 199 g/mol. The van der Waals surface area contributed by atoms with Crippen molar-refractivity contribution in [1.29, 1.82) is 0 Å². The highest BCUT2D eigenvalue weighted by molar-refractivity contribution is 6.18. The Kier molecular flexibility index (Phi) is 4.40. The van der Waals surface area contributed by atoms with Crippen molar-refractivity contribution in [1.82, 2.24) is 0 Å². The molecule has 0 radical (unpaired) electrons. The van der Waals surface area contributed by atoms with Gasteiger partial charge in [-0.15, -0.1) is 11.6 Å². The summed E-state index contributed by atoms with van der Waals surface area (Å²) in [5.41, 5.74) is 2.26. The Morgan fingerprint density at radius 2 is 2.14 bits per heavy atom. The predicted molar refractivity (Wildman–Crippen MR) is 59.3 cm³/mol. The summed E-state index contributed by atoms with van der Waals surface area (Å²) in [5, 5.41) is 0. The van der Waals surface area contributed by atoms with Gasteiger partial charge in [0.15, 0.2) is 0 Å². The molecule has 78 valence electrons. The molecule has 0 aromatic heterocycles. The van der Waals surface area contributed by atoms with Crippen LogP contribution in [0.15, 0.2) is 18.2 Å². The zero-order valence-electron chi connectivity index (χ0n) is 8.69. The maximum atomic E-state index is 12.8. The van der Waals surface area contributed by atoms with Gasteiger partial charge in [-0.3, -0.25) is 0 Å². The van der Waals surface area contributed by atoms with Crippen molar-refractivity contribution in [2.45, 2.75) is 26.7 Å². The van der Waals surface area contributed by atoms with Crippen molar-refractivity contribution < 1.29 is 4.39 Å². The topological polar surface area (TPSA) is 0 Å². The summed E-state index contributed by atoms with van der Waals surface area (Å²) in [6, 6.07) is 4.97. The van der Waals surface area contributed by atoms with Crippen LogP contribution in [0.25, 0.3) is 0 Å². The summed E-state index contributed by atoms with van der Waals surface area (Å²) in [4.78, 5) is 0. The van der Waals surface area contributed by atoms with Gasteiger partial charge in [-0.2, -0.15) is 0 Å². The van der Waals surface area contributed by atoms with Crippen LogP contribution in [-0.4, -0.2) is 5.88 Å². The van der Waals surface area contributed by atoms with E-state index in [-0.39, 0.29) is 5.82 Å². The fourth-order valence-corrected chi connectivity index (χ4v) is 1.57. The summed E-state index contributed by atoms with van der Waals surface area (Å²) < 4.78 is 12.8. The van der Waals surface area contributed by atoms with Gasteiger partial charge in [0.05, 0.1) is 0 Å². The SMILES string of the molecule is Cc1cc(F)ccc1CCC(C)CCl. The number of hydrogen-bond acceptors (Lipinski definition) is 0. The van der Waals surface area contributed by atoms with Gasteiger partial charge in [0.25, 0.3) is 0 Å². The smallest absolute Gasteiger partial charge is 0.123 e. The largest absolute Gasteiger partial charge is 0.207 e. The molecule has 1 unspecified atom stereocenters. The minimum absolute atomic E-state index is 0.156. The van der Waals surface area contributed by atoms with Gasteiger partial charge in [-0.25, -0.2) is 4.39 Å². The Morgan fingerprint density at radius 3 is 2.71 bits per heavy atom. The molecular formula is C12H16ClF. The Labute approximate surface area is 90.1 Å². The molecule has 1 rings (SSSR count). The number of benzene rings is 1. The fraction of sp³-hybridized carbons (Fsp3) is 0.500. The van der Waals surface area contributed by atoms with Crippen molar-refractivity contribution in [2.75, 3.05) is 5.88 Å². The first-order valence-electron chi connectivity index (χ1n) is 4.94. The minimum Gasteiger partial charge on any atom is -0.207 e. The molecule has 0 bridgehead atoms. The lowest BCUT2D eigenvalue weighted by Crippen LogP contribution is -2.00. The third kappa shape index (κ3) is 3.30. The molecule has 0 spiro atoms. The van der Waals surface area contributed by atoms with Crippen molar-refractivity contribution in [2.24, 2.45) is 5.92 Å². The highest BCUT2D eigenvalue weighted by Gasteiger charge is 2.03. The van der Waals surface area contributed by atoms with E-state index in [4.69, 9.17) is 11.6 Å². The van der Waals surface area contributed by atoms with Gasteiger partial charge in [0.2, 0.25) is 0 Å². The maximum Gasteiger partial charge on any atom is 0.123 e. The Morgan fingerprint density at radius 1 is 1.43 bits per heavy atom. The number of rotatable bonds is 4. The van der Waals surface area contributed by atoms with Gasteiger partial charge in [-0.05, 0) is 48.9 Å². The molecule has 1 aromatic carbocycles. The average molecular weight is 215 g/mol. The first-order valence-corrected chi connectivity index (χ1v) is 5.48. The van der Waals surface area contributed by atoms with Crippen LogP contribution in [0.3, 0.4) is 0 Å². The van der Waals surface area contributed by atoms with Crippen molar-refractivity contribution in [3.05, 3.63) is 35.1 Å². The van der Waals surface area contributed by atoms with Gasteiger partial charge in [-0.1, -0.05) is 13.0 Å². The zero-order chi connectivity index (χ0) is 10.6. The van der Waals surface area contributed by atoms with E-state index in [1.807, 2.05) is 13.0 Å². The van der Waals surface area contributed by atoms with Crippen molar-refractivity contribution in [3.8, 4) is 0 Å². The molecule has 0 saturated heterocycles. The fourth-order valence-electron chi connectivity index (χ4n) is 1.42. The molecule has 2 heteroatoms. The summed E-state index contributed by atoms with van der Waals surface area (Å²) in [6.45, 7) is 4.08. The second kappa shape index (κ2) is 5.35. The van der Waals surface area contributed by atoms with E-state index in [0.717, 1.165) is 18.4 Å². The number of aryl methyl sites for hydroxylation is 2. The molecule has 0 heterocycles. The maximum absolute atomic E-state index is 12.8. The Hall–Kier alpha value is -0.560. The third-order valence-corrected chi connectivity index (χ3v) is 3.00. The van der Waals surface area contributed by atoms with Crippen molar-refractivity contribution in [3.63, 3.8) is 0 Å². The van der Waals surface area contributed by atoms with E-state index in [1.165, 1.54) is 11.6 Å². The Bertz CT molecular complexity index is 296. The summed E-state index contributed by atoms with van der Waals surface area (Å²) in [6.07, 6.45) is 2.05. The number of hydrogen-bond donors (Lipinski definition) is 0. The second-order valence-electron chi connectivity index (χ2n) is 3.87. The molecule has 0 aliphatic carbocycles. The van der Waals surface area contributed by atoms with Crippen LogP contribution in [0.5, 0.6) is 0 Å². The standard InChI is InChI=1S/C12H16ClF/c1-9(8-13)3-4-11-5-6-12(14)7-10(11)2/h5-7,9H,3-4,8H2,1-2H3. The molecule has 0 amide bonds. The van der Waals surface area contributed by atoms with Gasteiger partial charge >= 0.3 is 0 Å². The van der Waals surface area contributed by atoms with Crippen LogP contribution >= 0.6 is 11.6 Å². The summed E-state index contributed by atoms with van der Waals surface area (Å²) in [5.74, 6) is 1.07. The average Bonchev–Trinajstić information content (AvgIpc) is 2.16. The van der Waals surface area contributed by atoms with Gasteiger partial charge < -0.3 is 0 Å². The minimum atomic E-state index is -0.156. The molecule has 0 saturated carbocycles. The molecule has 0 aliphatic heterocycles. The van der Waals surface area contributed by atoms with E-state index in [2.05, 4.69) is 6.92 Å².